The van der Waals surface area contributed by atoms with E-state index < -0.39 is 5.91 Å². The largest absolute Gasteiger partial charge is 0.510 e. The predicted octanol–water partition coefficient (Wildman–Crippen LogP) is 5.78. The molecule has 6 nitrogen and oxygen atoms in total. The van der Waals surface area contributed by atoms with Crippen LogP contribution in [0.5, 0.6) is 5.75 Å². The quantitative estimate of drug-likeness (QED) is 0.306. The maximum Gasteiger partial charge on any atom is 0.279 e. The molecule has 0 radical (unpaired) electrons. The summed E-state index contributed by atoms with van der Waals surface area (Å²) in [6, 6.07) is 25.8. The Morgan fingerprint density at radius 1 is 0.966 bits per heavy atom. The van der Waals surface area contributed by atoms with E-state index in [1.807, 2.05) is 54.6 Å². The van der Waals surface area contributed by atoms with Gasteiger partial charge >= 0.3 is 0 Å². The van der Waals surface area contributed by atoms with Gasteiger partial charge in [-0.3, -0.25) is 4.79 Å². The SMILES string of the molecule is C/C(O)=C(\N=Nc1ccccc1)C(=O)Nc1cccc(OCc2ccccc2)c1. The highest BCUT2D eigenvalue weighted by Gasteiger charge is 2.13. The molecule has 0 unspecified atom stereocenters. The van der Waals surface area contributed by atoms with Crippen LogP contribution in [0.1, 0.15) is 12.5 Å². The van der Waals surface area contributed by atoms with Crippen LogP contribution in [-0.4, -0.2) is 11.0 Å². The van der Waals surface area contributed by atoms with Gasteiger partial charge in [-0.05, 0) is 36.8 Å². The van der Waals surface area contributed by atoms with Crippen molar-refractivity contribution in [2.45, 2.75) is 13.5 Å². The second-order valence-corrected chi connectivity index (χ2v) is 6.23. The van der Waals surface area contributed by atoms with Gasteiger partial charge in [0.15, 0.2) is 5.70 Å². The fourth-order valence-corrected chi connectivity index (χ4v) is 2.48. The van der Waals surface area contributed by atoms with Gasteiger partial charge < -0.3 is 15.2 Å². The minimum absolute atomic E-state index is 0.163. The molecule has 2 N–H and O–H groups in total. The van der Waals surface area contributed by atoms with Crippen LogP contribution < -0.4 is 10.1 Å². The lowest BCUT2D eigenvalue weighted by Gasteiger charge is -2.09. The van der Waals surface area contributed by atoms with E-state index in [0.29, 0.717) is 23.7 Å². The van der Waals surface area contributed by atoms with Gasteiger partial charge in [-0.2, -0.15) is 5.11 Å². The highest BCUT2D eigenvalue weighted by molar-refractivity contribution is 6.03. The first-order valence-electron chi connectivity index (χ1n) is 9.06. The second-order valence-electron chi connectivity index (χ2n) is 6.23. The summed E-state index contributed by atoms with van der Waals surface area (Å²) < 4.78 is 5.77. The van der Waals surface area contributed by atoms with Crippen molar-refractivity contribution in [3.63, 3.8) is 0 Å². The van der Waals surface area contributed by atoms with Gasteiger partial charge in [-0.1, -0.05) is 54.6 Å². The van der Waals surface area contributed by atoms with Crippen molar-refractivity contribution in [1.29, 1.82) is 0 Å². The number of ether oxygens (including phenoxy) is 1. The summed E-state index contributed by atoms with van der Waals surface area (Å²) in [4.78, 5) is 12.5. The van der Waals surface area contributed by atoms with Gasteiger partial charge in [0.1, 0.15) is 18.1 Å². The van der Waals surface area contributed by atoms with Crippen molar-refractivity contribution in [3.05, 3.63) is 102 Å². The summed E-state index contributed by atoms with van der Waals surface area (Å²) in [6.45, 7) is 1.81. The Morgan fingerprint density at radius 2 is 1.66 bits per heavy atom. The Hall–Kier alpha value is -3.93. The van der Waals surface area contributed by atoms with Crippen LogP contribution in [0.3, 0.4) is 0 Å². The van der Waals surface area contributed by atoms with Crippen molar-refractivity contribution < 1.29 is 14.6 Å². The van der Waals surface area contributed by atoms with Crippen LogP contribution in [-0.2, 0) is 11.4 Å². The Kier molecular flexibility index (Phi) is 6.73. The minimum Gasteiger partial charge on any atom is -0.510 e. The molecule has 0 aromatic heterocycles. The number of allylic oxidation sites excluding steroid dienone is 1. The lowest BCUT2D eigenvalue weighted by atomic mass is 10.2. The highest BCUT2D eigenvalue weighted by atomic mass is 16.5. The Morgan fingerprint density at radius 3 is 2.34 bits per heavy atom. The number of carbonyl (C=O) groups is 1. The molecule has 0 fully saturated rings. The fraction of sp³-hybridized carbons (Fsp3) is 0.0870. The van der Waals surface area contributed by atoms with Crippen LogP contribution >= 0.6 is 0 Å². The minimum atomic E-state index is -0.565. The van der Waals surface area contributed by atoms with E-state index in [1.54, 1.807) is 30.3 Å². The first-order chi connectivity index (χ1) is 14.1. The van der Waals surface area contributed by atoms with Crippen molar-refractivity contribution in [2.24, 2.45) is 10.2 Å². The Balaban J connectivity index is 1.67. The monoisotopic (exact) mass is 387 g/mol. The molecular formula is C23H21N3O3. The number of benzene rings is 3. The number of amides is 1. The number of nitrogens with zero attached hydrogens (tertiary/aromatic N) is 2. The van der Waals surface area contributed by atoms with E-state index in [2.05, 4.69) is 15.5 Å². The lowest BCUT2D eigenvalue weighted by molar-refractivity contribution is -0.113. The lowest BCUT2D eigenvalue weighted by Crippen LogP contribution is -2.14. The van der Waals surface area contributed by atoms with Crippen molar-refractivity contribution in [3.8, 4) is 5.75 Å². The molecule has 0 saturated heterocycles. The maximum absolute atomic E-state index is 12.5. The molecule has 146 valence electrons. The molecule has 0 heterocycles. The van der Waals surface area contributed by atoms with Gasteiger partial charge in [-0.25, -0.2) is 0 Å². The Bertz CT molecular complexity index is 1010. The van der Waals surface area contributed by atoms with Gasteiger partial charge in [-0.15, -0.1) is 5.11 Å². The van der Waals surface area contributed by atoms with Gasteiger partial charge in [0.2, 0.25) is 0 Å². The summed E-state index contributed by atoms with van der Waals surface area (Å²) in [5.41, 5.74) is 1.98. The molecule has 0 atom stereocenters. The van der Waals surface area contributed by atoms with Crippen molar-refractivity contribution in [1.82, 2.24) is 0 Å². The van der Waals surface area contributed by atoms with E-state index in [0.717, 1.165) is 5.56 Å². The molecule has 0 saturated carbocycles. The molecule has 0 aliphatic heterocycles. The number of aliphatic hydroxyl groups excluding tert-OH is 1. The summed E-state index contributed by atoms with van der Waals surface area (Å²) >= 11 is 0. The number of hydrogen-bond acceptors (Lipinski definition) is 5. The highest BCUT2D eigenvalue weighted by Crippen LogP contribution is 2.20. The van der Waals surface area contributed by atoms with Crippen LogP contribution in [0.25, 0.3) is 0 Å². The van der Waals surface area contributed by atoms with E-state index in [-0.39, 0.29) is 11.5 Å². The molecule has 1 amide bonds. The zero-order valence-corrected chi connectivity index (χ0v) is 15.9. The average Bonchev–Trinajstić information content (AvgIpc) is 2.74. The standard InChI is InChI=1S/C23H21N3O3/c1-17(27)22(26-25-19-11-6-3-7-12-19)23(28)24-20-13-8-14-21(15-20)29-16-18-9-4-2-5-10-18/h2-15,27H,16H2,1H3,(H,24,28)/b22-17+,26-25?. The smallest absolute Gasteiger partial charge is 0.279 e. The van der Waals surface area contributed by atoms with Crippen molar-refractivity contribution in [2.75, 3.05) is 5.32 Å². The molecule has 0 aliphatic rings. The fourth-order valence-electron chi connectivity index (χ4n) is 2.48. The van der Waals surface area contributed by atoms with Gasteiger partial charge in [0, 0.05) is 11.8 Å². The molecule has 3 aromatic carbocycles. The molecule has 6 heteroatoms. The first-order valence-corrected chi connectivity index (χ1v) is 9.06. The van der Waals surface area contributed by atoms with Crippen LogP contribution in [0.2, 0.25) is 0 Å². The second kappa shape index (κ2) is 9.85. The molecular weight excluding hydrogens is 366 g/mol. The summed E-state index contributed by atoms with van der Waals surface area (Å²) in [6.07, 6.45) is 0. The third-order valence-electron chi connectivity index (χ3n) is 3.92. The number of rotatable bonds is 7. The van der Waals surface area contributed by atoms with Gasteiger partial charge in [0.05, 0.1) is 5.69 Å². The number of hydrogen-bond donors (Lipinski definition) is 2. The third kappa shape index (κ3) is 6.04. The zero-order valence-electron chi connectivity index (χ0n) is 15.9. The number of anilines is 1. The van der Waals surface area contributed by atoms with E-state index in [4.69, 9.17) is 4.74 Å². The molecule has 29 heavy (non-hydrogen) atoms. The summed E-state index contributed by atoms with van der Waals surface area (Å²) in [7, 11) is 0. The zero-order chi connectivity index (χ0) is 20.5. The molecule has 0 spiro atoms. The average molecular weight is 387 g/mol. The predicted molar refractivity (Wildman–Crippen MR) is 112 cm³/mol. The number of carbonyl (C=O) groups excluding carboxylic acids is 1. The topological polar surface area (TPSA) is 83.3 Å². The van der Waals surface area contributed by atoms with E-state index >= 15 is 0 Å². The molecule has 0 bridgehead atoms. The molecule has 0 aliphatic carbocycles. The van der Waals surface area contributed by atoms with Gasteiger partial charge in [0.25, 0.3) is 5.91 Å². The van der Waals surface area contributed by atoms with Crippen LogP contribution in [0.15, 0.2) is 107 Å². The van der Waals surface area contributed by atoms with Crippen LogP contribution in [0, 0.1) is 0 Å². The number of aliphatic hydroxyl groups is 1. The maximum atomic E-state index is 12.5. The third-order valence-corrected chi connectivity index (χ3v) is 3.92. The first kappa shape index (κ1) is 19.8. The number of azo groups is 1. The molecule has 3 rings (SSSR count). The molecule has 3 aromatic rings. The Labute approximate surface area is 169 Å². The van der Waals surface area contributed by atoms with Crippen LogP contribution in [0.4, 0.5) is 11.4 Å². The van der Waals surface area contributed by atoms with E-state index in [1.165, 1.54) is 6.92 Å². The summed E-state index contributed by atoms with van der Waals surface area (Å²) in [5.74, 6) is -0.174. The van der Waals surface area contributed by atoms with Crippen molar-refractivity contribution >= 4 is 17.3 Å². The normalized spacial score (nSPS) is 11.8. The number of nitrogens with one attached hydrogen (secondary N) is 1. The summed E-state index contributed by atoms with van der Waals surface area (Å²) in [5, 5.41) is 20.4. The van der Waals surface area contributed by atoms with E-state index in [9.17, 15) is 9.90 Å².